The zero-order valence-electron chi connectivity index (χ0n) is 20.2. The van der Waals surface area contributed by atoms with E-state index in [0.717, 1.165) is 28.2 Å². The Morgan fingerprint density at radius 1 is 1.03 bits per heavy atom. The van der Waals surface area contributed by atoms with Crippen LogP contribution in [-0.2, 0) is 29.0 Å². The topological polar surface area (TPSA) is 76.5 Å². The number of amides is 2. The van der Waals surface area contributed by atoms with Crippen LogP contribution in [0, 0.1) is 0 Å². The highest BCUT2D eigenvalue weighted by atomic mass is 16.5. The maximum absolute atomic E-state index is 13.1. The molecule has 7 heteroatoms. The van der Waals surface area contributed by atoms with Crippen molar-refractivity contribution in [2.75, 3.05) is 13.7 Å². The minimum Gasteiger partial charge on any atom is -0.497 e. The number of carbonyl (C=O) groups is 2. The second kappa shape index (κ2) is 11.0. The third-order valence-corrected chi connectivity index (χ3v) is 5.62. The highest BCUT2D eigenvalue weighted by Gasteiger charge is 2.22. The van der Waals surface area contributed by atoms with Crippen LogP contribution >= 0.6 is 0 Å². The van der Waals surface area contributed by atoms with Crippen molar-refractivity contribution < 1.29 is 14.3 Å². The zero-order chi connectivity index (χ0) is 24.0. The van der Waals surface area contributed by atoms with E-state index >= 15 is 0 Å². The number of para-hydroxylation sites is 2. The number of methoxy groups -OCH3 is 1. The molecule has 0 saturated carbocycles. The number of imidazole rings is 1. The molecule has 3 rings (SSSR count). The Bertz CT molecular complexity index is 1080. The van der Waals surface area contributed by atoms with Crippen LogP contribution in [0.4, 0.5) is 0 Å². The summed E-state index contributed by atoms with van der Waals surface area (Å²) in [6, 6.07) is 15.5. The predicted molar refractivity (Wildman–Crippen MR) is 130 cm³/mol. The number of hydrogen-bond donors (Lipinski definition) is 1. The highest BCUT2D eigenvalue weighted by Crippen LogP contribution is 2.18. The van der Waals surface area contributed by atoms with Gasteiger partial charge in [0.05, 0.1) is 24.6 Å². The molecule has 33 heavy (non-hydrogen) atoms. The molecule has 1 aromatic heterocycles. The Kier molecular flexibility index (Phi) is 8.09. The van der Waals surface area contributed by atoms with Crippen LogP contribution in [0.2, 0.25) is 0 Å². The largest absolute Gasteiger partial charge is 0.497 e. The quantitative estimate of drug-likeness (QED) is 0.512. The standard InChI is InChI=1S/C26H34N4O3/c1-18(2)30(19(3)4)26(32)17-29-23-9-7-6-8-22(23)28-24(29)14-15-27-25(31)16-20-10-12-21(33-5)13-11-20/h6-13,18-19H,14-17H2,1-5H3,(H,27,31). The van der Waals surface area contributed by atoms with Crippen LogP contribution in [0.25, 0.3) is 11.0 Å². The minimum absolute atomic E-state index is 0.0512. The molecule has 0 aliphatic carbocycles. The SMILES string of the molecule is COc1ccc(CC(=O)NCCc2nc3ccccc3n2CC(=O)N(C(C)C)C(C)C)cc1. The van der Waals surface area contributed by atoms with Crippen molar-refractivity contribution >= 4 is 22.8 Å². The van der Waals surface area contributed by atoms with E-state index in [1.807, 2.05) is 85.7 Å². The minimum atomic E-state index is -0.0512. The van der Waals surface area contributed by atoms with Crippen LogP contribution in [0.3, 0.4) is 0 Å². The molecule has 2 amide bonds. The second-order valence-corrected chi connectivity index (χ2v) is 8.72. The van der Waals surface area contributed by atoms with E-state index in [-0.39, 0.29) is 30.4 Å². The van der Waals surface area contributed by atoms with Crippen molar-refractivity contribution in [3.8, 4) is 5.75 Å². The van der Waals surface area contributed by atoms with Gasteiger partial charge in [0.2, 0.25) is 11.8 Å². The molecule has 7 nitrogen and oxygen atoms in total. The molecule has 1 N–H and O–H groups in total. The van der Waals surface area contributed by atoms with Gasteiger partial charge in [-0.2, -0.15) is 0 Å². The van der Waals surface area contributed by atoms with Crippen molar-refractivity contribution in [1.29, 1.82) is 0 Å². The first kappa shape index (κ1) is 24.3. The average Bonchev–Trinajstić information content (AvgIpc) is 3.11. The number of benzene rings is 2. The molecule has 2 aromatic carbocycles. The fourth-order valence-electron chi connectivity index (χ4n) is 4.19. The summed E-state index contributed by atoms with van der Waals surface area (Å²) in [7, 11) is 1.62. The number of carbonyl (C=O) groups excluding carboxylic acids is 2. The van der Waals surface area contributed by atoms with Gasteiger partial charge >= 0.3 is 0 Å². The van der Waals surface area contributed by atoms with Gasteiger partial charge in [-0.3, -0.25) is 9.59 Å². The van der Waals surface area contributed by atoms with E-state index in [9.17, 15) is 9.59 Å². The number of ether oxygens (including phenoxy) is 1. The Morgan fingerprint density at radius 3 is 2.33 bits per heavy atom. The summed E-state index contributed by atoms with van der Waals surface area (Å²) in [4.78, 5) is 32.2. The van der Waals surface area contributed by atoms with Crippen molar-refractivity contribution in [3.63, 3.8) is 0 Å². The summed E-state index contributed by atoms with van der Waals surface area (Å²) in [5.41, 5.74) is 2.71. The lowest BCUT2D eigenvalue weighted by atomic mass is 10.1. The average molecular weight is 451 g/mol. The molecule has 0 atom stereocenters. The van der Waals surface area contributed by atoms with E-state index in [0.29, 0.717) is 19.4 Å². The molecule has 0 bridgehead atoms. The molecule has 3 aromatic rings. The fraction of sp³-hybridized carbons (Fsp3) is 0.423. The Morgan fingerprint density at radius 2 is 1.70 bits per heavy atom. The van der Waals surface area contributed by atoms with E-state index in [2.05, 4.69) is 5.32 Å². The summed E-state index contributed by atoms with van der Waals surface area (Å²) < 4.78 is 7.13. The van der Waals surface area contributed by atoms with E-state index in [1.165, 1.54) is 0 Å². The van der Waals surface area contributed by atoms with Crippen LogP contribution in [0.5, 0.6) is 5.75 Å². The molecule has 0 aliphatic rings. The molecule has 0 unspecified atom stereocenters. The van der Waals surface area contributed by atoms with E-state index in [1.54, 1.807) is 7.11 Å². The molecule has 0 fully saturated rings. The zero-order valence-corrected chi connectivity index (χ0v) is 20.2. The molecule has 0 radical (unpaired) electrons. The van der Waals surface area contributed by atoms with Crippen molar-refractivity contribution in [1.82, 2.24) is 19.8 Å². The van der Waals surface area contributed by atoms with Gasteiger partial charge in [0.15, 0.2) is 0 Å². The van der Waals surface area contributed by atoms with Crippen molar-refractivity contribution in [3.05, 3.63) is 59.9 Å². The van der Waals surface area contributed by atoms with E-state index in [4.69, 9.17) is 9.72 Å². The van der Waals surface area contributed by atoms with Gasteiger partial charge in [-0.1, -0.05) is 24.3 Å². The second-order valence-electron chi connectivity index (χ2n) is 8.72. The van der Waals surface area contributed by atoms with Gasteiger partial charge in [0, 0.05) is 25.0 Å². The van der Waals surface area contributed by atoms with Crippen LogP contribution in [0.15, 0.2) is 48.5 Å². The predicted octanol–water partition coefficient (Wildman–Crippen LogP) is 3.59. The summed E-state index contributed by atoms with van der Waals surface area (Å²) in [5.74, 6) is 1.57. The number of hydrogen-bond acceptors (Lipinski definition) is 4. The Hall–Kier alpha value is -3.35. The highest BCUT2D eigenvalue weighted by molar-refractivity contribution is 5.81. The first-order valence-corrected chi connectivity index (χ1v) is 11.4. The maximum Gasteiger partial charge on any atom is 0.243 e. The number of nitrogens with zero attached hydrogens (tertiary/aromatic N) is 3. The number of nitrogens with one attached hydrogen (secondary N) is 1. The molecular formula is C26H34N4O3. The normalized spacial score (nSPS) is 11.2. The molecule has 0 saturated heterocycles. The van der Waals surface area contributed by atoms with Crippen LogP contribution in [0.1, 0.15) is 39.1 Å². The molecule has 176 valence electrons. The van der Waals surface area contributed by atoms with Crippen molar-refractivity contribution in [2.45, 2.75) is 59.2 Å². The Balaban J connectivity index is 1.68. The molecular weight excluding hydrogens is 416 g/mol. The lowest BCUT2D eigenvalue weighted by Gasteiger charge is -2.31. The first-order valence-electron chi connectivity index (χ1n) is 11.4. The summed E-state index contributed by atoms with van der Waals surface area (Å²) >= 11 is 0. The smallest absolute Gasteiger partial charge is 0.243 e. The lowest BCUT2D eigenvalue weighted by Crippen LogP contribution is -2.43. The first-order chi connectivity index (χ1) is 15.8. The molecule has 0 aliphatic heterocycles. The van der Waals surface area contributed by atoms with Gasteiger partial charge in [-0.15, -0.1) is 0 Å². The summed E-state index contributed by atoms with van der Waals surface area (Å²) in [6.45, 7) is 8.80. The number of rotatable bonds is 10. The third kappa shape index (κ3) is 6.12. The number of aromatic nitrogens is 2. The molecule has 1 heterocycles. The van der Waals surface area contributed by atoms with Gasteiger partial charge in [-0.05, 0) is 57.5 Å². The van der Waals surface area contributed by atoms with Crippen LogP contribution < -0.4 is 10.1 Å². The lowest BCUT2D eigenvalue weighted by molar-refractivity contribution is -0.135. The van der Waals surface area contributed by atoms with Gasteiger partial charge < -0.3 is 19.5 Å². The van der Waals surface area contributed by atoms with Gasteiger partial charge in [0.1, 0.15) is 18.1 Å². The fourth-order valence-corrected chi connectivity index (χ4v) is 4.19. The summed E-state index contributed by atoms with van der Waals surface area (Å²) in [6.07, 6.45) is 0.844. The monoisotopic (exact) mass is 450 g/mol. The third-order valence-electron chi connectivity index (χ3n) is 5.62. The molecule has 0 spiro atoms. The van der Waals surface area contributed by atoms with Gasteiger partial charge in [-0.25, -0.2) is 4.98 Å². The number of fused-ring (bicyclic) bond motifs is 1. The maximum atomic E-state index is 13.1. The van der Waals surface area contributed by atoms with Crippen LogP contribution in [-0.4, -0.2) is 52.0 Å². The Labute approximate surface area is 195 Å². The van der Waals surface area contributed by atoms with Gasteiger partial charge in [0.25, 0.3) is 0 Å². The van der Waals surface area contributed by atoms with E-state index < -0.39 is 0 Å². The summed E-state index contributed by atoms with van der Waals surface area (Å²) in [5, 5.41) is 2.97. The van der Waals surface area contributed by atoms with Crippen molar-refractivity contribution in [2.24, 2.45) is 0 Å².